The van der Waals surface area contributed by atoms with Gasteiger partial charge < -0.3 is 15.5 Å². The van der Waals surface area contributed by atoms with Gasteiger partial charge in [-0.1, -0.05) is 35.9 Å². The van der Waals surface area contributed by atoms with E-state index in [-0.39, 0.29) is 28.5 Å². The standard InChI is InChI=1S/C23H25NO3/c1-13-7-5-10-17(11-13)20-18(25)12-16(4)19(22(20)26)23(27)24-21-14(2)8-6-9-15(21)3/h5,7-8,10-12,25-26H,6,9H2,1-4H3,(H,24,27). The monoisotopic (exact) mass is 363 g/mol. The largest absolute Gasteiger partial charge is 0.507 e. The maximum atomic E-state index is 13.0. The molecule has 2 aromatic rings. The van der Waals surface area contributed by atoms with Crippen LogP contribution in [-0.4, -0.2) is 16.1 Å². The number of aryl methyl sites for hydroxylation is 2. The van der Waals surface area contributed by atoms with Gasteiger partial charge in [0.1, 0.15) is 11.5 Å². The van der Waals surface area contributed by atoms with Crippen LogP contribution in [0.5, 0.6) is 11.5 Å². The fourth-order valence-corrected chi connectivity index (χ4v) is 3.60. The van der Waals surface area contributed by atoms with Gasteiger partial charge in [0, 0.05) is 5.70 Å². The minimum absolute atomic E-state index is 0.0451. The van der Waals surface area contributed by atoms with E-state index in [2.05, 4.69) is 11.4 Å². The average molecular weight is 363 g/mol. The Kier molecular flexibility index (Phi) is 5.08. The van der Waals surface area contributed by atoms with Crippen LogP contribution >= 0.6 is 0 Å². The molecule has 0 unspecified atom stereocenters. The number of hydrogen-bond donors (Lipinski definition) is 3. The van der Waals surface area contributed by atoms with E-state index in [9.17, 15) is 15.0 Å². The van der Waals surface area contributed by atoms with Crippen LogP contribution in [0.2, 0.25) is 0 Å². The summed E-state index contributed by atoms with van der Waals surface area (Å²) in [5.74, 6) is -0.620. The summed E-state index contributed by atoms with van der Waals surface area (Å²) in [4.78, 5) is 13.0. The van der Waals surface area contributed by atoms with Crippen molar-refractivity contribution in [1.82, 2.24) is 5.32 Å². The molecule has 0 radical (unpaired) electrons. The third-order valence-electron chi connectivity index (χ3n) is 5.04. The van der Waals surface area contributed by atoms with Crippen LogP contribution in [0.25, 0.3) is 11.1 Å². The molecule has 0 bridgehead atoms. The van der Waals surface area contributed by atoms with Gasteiger partial charge >= 0.3 is 0 Å². The second-order valence-electron chi connectivity index (χ2n) is 7.22. The number of allylic oxidation sites excluding steroid dienone is 3. The van der Waals surface area contributed by atoms with E-state index >= 15 is 0 Å². The summed E-state index contributed by atoms with van der Waals surface area (Å²) < 4.78 is 0. The molecule has 1 aliphatic rings. The quantitative estimate of drug-likeness (QED) is 0.708. The first-order valence-corrected chi connectivity index (χ1v) is 9.10. The Labute approximate surface area is 159 Å². The third kappa shape index (κ3) is 3.61. The van der Waals surface area contributed by atoms with Crippen molar-refractivity contribution in [3.63, 3.8) is 0 Å². The molecule has 3 rings (SSSR count). The lowest BCUT2D eigenvalue weighted by molar-refractivity contribution is 0.0962. The fraction of sp³-hybridized carbons (Fsp3) is 0.261. The Morgan fingerprint density at radius 3 is 2.48 bits per heavy atom. The van der Waals surface area contributed by atoms with Crippen molar-refractivity contribution in [3.05, 3.63) is 69.9 Å². The van der Waals surface area contributed by atoms with Crippen LogP contribution in [0.1, 0.15) is 48.2 Å². The molecule has 140 valence electrons. The molecule has 1 amide bonds. The van der Waals surface area contributed by atoms with E-state index in [1.165, 1.54) is 6.07 Å². The summed E-state index contributed by atoms with van der Waals surface area (Å²) in [5, 5.41) is 24.2. The molecule has 0 spiro atoms. The van der Waals surface area contributed by atoms with Crippen LogP contribution in [0, 0.1) is 13.8 Å². The second kappa shape index (κ2) is 7.31. The lowest BCUT2D eigenvalue weighted by Gasteiger charge is -2.20. The normalized spacial score (nSPS) is 14.1. The summed E-state index contributed by atoms with van der Waals surface area (Å²) in [5.41, 5.74) is 5.62. The van der Waals surface area contributed by atoms with Crippen LogP contribution in [0.4, 0.5) is 0 Å². The molecule has 0 saturated heterocycles. The average Bonchev–Trinajstić information content (AvgIpc) is 2.58. The number of rotatable bonds is 3. The Hall–Kier alpha value is -3.01. The van der Waals surface area contributed by atoms with Gasteiger partial charge in [0.05, 0.1) is 11.1 Å². The van der Waals surface area contributed by atoms with E-state index in [0.29, 0.717) is 11.1 Å². The van der Waals surface area contributed by atoms with Crippen LogP contribution < -0.4 is 5.32 Å². The number of nitrogens with one attached hydrogen (secondary N) is 1. The number of benzene rings is 2. The van der Waals surface area contributed by atoms with E-state index in [1.54, 1.807) is 13.0 Å². The smallest absolute Gasteiger partial charge is 0.259 e. The third-order valence-corrected chi connectivity index (χ3v) is 5.04. The van der Waals surface area contributed by atoms with Gasteiger partial charge in [0.2, 0.25) is 0 Å². The van der Waals surface area contributed by atoms with Gasteiger partial charge in [0.25, 0.3) is 5.91 Å². The topological polar surface area (TPSA) is 69.6 Å². The molecule has 0 fully saturated rings. The highest BCUT2D eigenvalue weighted by atomic mass is 16.3. The highest BCUT2D eigenvalue weighted by Crippen LogP contribution is 2.41. The second-order valence-corrected chi connectivity index (χ2v) is 7.22. The molecule has 3 N–H and O–H groups in total. The molecule has 0 heterocycles. The summed E-state index contributed by atoms with van der Waals surface area (Å²) >= 11 is 0. The first-order valence-electron chi connectivity index (χ1n) is 9.10. The Balaban J connectivity index is 2.07. The van der Waals surface area contributed by atoms with Crippen molar-refractivity contribution in [1.29, 1.82) is 0 Å². The Morgan fingerprint density at radius 2 is 1.81 bits per heavy atom. The highest BCUT2D eigenvalue weighted by Gasteiger charge is 2.23. The Morgan fingerprint density at radius 1 is 1.07 bits per heavy atom. The lowest BCUT2D eigenvalue weighted by Crippen LogP contribution is -2.26. The molecule has 27 heavy (non-hydrogen) atoms. The van der Waals surface area contributed by atoms with Crippen molar-refractivity contribution in [3.8, 4) is 22.6 Å². The minimum Gasteiger partial charge on any atom is -0.507 e. The zero-order chi connectivity index (χ0) is 19.7. The molecule has 0 aromatic heterocycles. The van der Waals surface area contributed by atoms with Gasteiger partial charge in [-0.2, -0.15) is 0 Å². The zero-order valence-electron chi connectivity index (χ0n) is 16.2. The maximum Gasteiger partial charge on any atom is 0.259 e. The van der Waals surface area contributed by atoms with Gasteiger partial charge in [-0.05, 0) is 68.9 Å². The number of aromatic hydroxyl groups is 2. The summed E-state index contributed by atoms with van der Waals surface area (Å²) in [6, 6.07) is 8.99. The number of carbonyl (C=O) groups is 1. The Bertz CT molecular complexity index is 983. The SMILES string of the molecule is CC1=CCCC(C)=C1NC(=O)c1c(C)cc(O)c(-c2cccc(C)c2)c1O. The number of amides is 1. The lowest BCUT2D eigenvalue weighted by atomic mass is 9.94. The molecule has 0 saturated carbocycles. The van der Waals surface area contributed by atoms with E-state index in [4.69, 9.17) is 0 Å². The molecule has 4 nitrogen and oxygen atoms in total. The minimum atomic E-state index is -0.372. The van der Waals surface area contributed by atoms with E-state index in [0.717, 1.165) is 35.2 Å². The van der Waals surface area contributed by atoms with Crippen molar-refractivity contribution in [2.75, 3.05) is 0 Å². The first-order chi connectivity index (χ1) is 12.8. The number of phenols is 2. The molecular formula is C23H25NO3. The van der Waals surface area contributed by atoms with E-state index < -0.39 is 0 Å². The number of hydrogen-bond acceptors (Lipinski definition) is 3. The van der Waals surface area contributed by atoms with Crippen molar-refractivity contribution in [2.24, 2.45) is 0 Å². The molecule has 1 aliphatic carbocycles. The summed E-state index contributed by atoms with van der Waals surface area (Å²) in [6.45, 7) is 7.62. The van der Waals surface area contributed by atoms with Gasteiger partial charge in [-0.15, -0.1) is 0 Å². The molecular weight excluding hydrogens is 338 g/mol. The van der Waals surface area contributed by atoms with Crippen molar-refractivity contribution < 1.29 is 15.0 Å². The zero-order valence-corrected chi connectivity index (χ0v) is 16.2. The molecule has 4 heteroatoms. The summed E-state index contributed by atoms with van der Waals surface area (Å²) in [7, 11) is 0. The van der Waals surface area contributed by atoms with Gasteiger partial charge in [-0.3, -0.25) is 4.79 Å². The number of phenolic OH excluding ortho intramolecular Hbond substituents is 2. The van der Waals surface area contributed by atoms with E-state index in [1.807, 2.05) is 39.0 Å². The van der Waals surface area contributed by atoms with Crippen molar-refractivity contribution in [2.45, 2.75) is 40.5 Å². The first kappa shape index (κ1) is 18.8. The number of carbonyl (C=O) groups excluding carboxylic acids is 1. The van der Waals surface area contributed by atoms with Crippen LogP contribution in [-0.2, 0) is 0 Å². The fourth-order valence-electron chi connectivity index (χ4n) is 3.60. The maximum absolute atomic E-state index is 13.0. The summed E-state index contributed by atoms with van der Waals surface area (Å²) in [6.07, 6.45) is 3.98. The predicted octanol–water partition coefficient (Wildman–Crippen LogP) is 5.13. The van der Waals surface area contributed by atoms with Crippen LogP contribution in [0.3, 0.4) is 0 Å². The van der Waals surface area contributed by atoms with Crippen molar-refractivity contribution >= 4 is 5.91 Å². The molecule has 2 aromatic carbocycles. The van der Waals surface area contributed by atoms with Gasteiger partial charge in [-0.25, -0.2) is 0 Å². The predicted molar refractivity (Wildman–Crippen MR) is 108 cm³/mol. The van der Waals surface area contributed by atoms with Gasteiger partial charge in [0.15, 0.2) is 0 Å². The highest BCUT2D eigenvalue weighted by molar-refractivity contribution is 6.02. The molecule has 0 atom stereocenters. The van der Waals surface area contributed by atoms with Crippen LogP contribution in [0.15, 0.2) is 53.3 Å². The molecule has 0 aliphatic heterocycles.